The third-order valence-corrected chi connectivity index (χ3v) is 4.81. The van der Waals surface area contributed by atoms with Crippen LogP contribution >= 0.6 is 0 Å². The highest BCUT2D eigenvalue weighted by Crippen LogP contribution is 2.23. The molecule has 0 bridgehead atoms. The van der Waals surface area contributed by atoms with E-state index in [9.17, 15) is 0 Å². The number of guanidine groups is 1. The van der Waals surface area contributed by atoms with Crippen LogP contribution in [0.15, 0.2) is 23.2 Å². The average Bonchev–Trinajstić information content (AvgIpc) is 3.13. The summed E-state index contributed by atoms with van der Waals surface area (Å²) in [6, 6.07) is 6.30. The molecule has 24 heavy (non-hydrogen) atoms. The van der Waals surface area contributed by atoms with Crippen LogP contribution in [0.2, 0.25) is 0 Å². The monoisotopic (exact) mass is 331 g/mol. The van der Waals surface area contributed by atoms with Gasteiger partial charge in [0.1, 0.15) is 5.75 Å². The molecule has 2 fully saturated rings. The van der Waals surface area contributed by atoms with Gasteiger partial charge in [0.25, 0.3) is 0 Å². The highest BCUT2D eigenvalue weighted by atomic mass is 16.5. The summed E-state index contributed by atoms with van der Waals surface area (Å²) in [7, 11) is 0. The SMILES string of the molecule is Cc1ccc(CN=C(N)N2CCCCC2)c(OCC2CCOC2)c1. The van der Waals surface area contributed by atoms with E-state index in [-0.39, 0.29) is 0 Å². The van der Waals surface area contributed by atoms with Gasteiger partial charge in [0.15, 0.2) is 5.96 Å². The second-order valence-electron chi connectivity index (χ2n) is 6.87. The van der Waals surface area contributed by atoms with Gasteiger partial charge in [-0.3, -0.25) is 0 Å². The Kier molecular flexibility index (Phi) is 5.96. The summed E-state index contributed by atoms with van der Waals surface area (Å²) in [6.45, 7) is 7.07. The zero-order valence-electron chi connectivity index (χ0n) is 14.7. The molecule has 2 N–H and O–H groups in total. The Labute approximate surface area is 144 Å². The molecule has 1 unspecified atom stereocenters. The van der Waals surface area contributed by atoms with E-state index >= 15 is 0 Å². The van der Waals surface area contributed by atoms with Crippen LogP contribution in [0, 0.1) is 12.8 Å². The van der Waals surface area contributed by atoms with Crippen molar-refractivity contribution in [3.05, 3.63) is 29.3 Å². The standard InChI is InChI=1S/C19H29N3O2/c1-15-5-6-17(12-21-19(20)22-8-3-2-4-9-22)18(11-15)24-14-16-7-10-23-13-16/h5-6,11,16H,2-4,7-10,12-14H2,1H3,(H2,20,21). The maximum absolute atomic E-state index is 6.17. The molecular weight excluding hydrogens is 302 g/mol. The van der Waals surface area contributed by atoms with Crippen LogP contribution in [0.25, 0.3) is 0 Å². The Hall–Kier alpha value is -1.75. The van der Waals surface area contributed by atoms with Gasteiger partial charge in [-0.1, -0.05) is 12.1 Å². The first-order chi connectivity index (χ1) is 11.7. The van der Waals surface area contributed by atoms with Crippen molar-refractivity contribution in [2.24, 2.45) is 16.6 Å². The average molecular weight is 331 g/mol. The summed E-state index contributed by atoms with van der Waals surface area (Å²) in [5, 5.41) is 0. The van der Waals surface area contributed by atoms with Crippen LogP contribution in [0.1, 0.15) is 36.8 Å². The number of nitrogens with two attached hydrogens (primary N) is 1. The summed E-state index contributed by atoms with van der Waals surface area (Å²) in [5.41, 5.74) is 8.46. The smallest absolute Gasteiger partial charge is 0.191 e. The first-order valence-electron chi connectivity index (χ1n) is 9.07. The highest BCUT2D eigenvalue weighted by molar-refractivity contribution is 5.78. The van der Waals surface area contributed by atoms with Gasteiger partial charge in [0, 0.05) is 31.2 Å². The second-order valence-corrected chi connectivity index (χ2v) is 6.87. The molecule has 0 radical (unpaired) electrons. The van der Waals surface area contributed by atoms with E-state index < -0.39 is 0 Å². The summed E-state index contributed by atoms with van der Waals surface area (Å²) < 4.78 is 11.5. The maximum atomic E-state index is 6.17. The molecule has 3 rings (SSSR count). The highest BCUT2D eigenvalue weighted by Gasteiger charge is 2.17. The molecule has 0 aromatic heterocycles. The predicted molar refractivity (Wildman–Crippen MR) is 96.4 cm³/mol. The van der Waals surface area contributed by atoms with E-state index in [1.165, 1.54) is 24.8 Å². The molecule has 1 aromatic rings. The Balaban J connectivity index is 1.63. The number of aryl methyl sites for hydroxylation is 1. The van der Waals surface area contributed by atoms with Gasteiger partial charge < -0.3 is 20.1 Å². The fraction of sp³-hybridized carbons (Fsp3) is 0.632. The van der Waals surface area contributed by atoms with Gasteiger partial charge in [-0.25, -0.2) is 4.99 Å². The Morgan fingerprint density at radius 3 is 2.92 bits per heavy atom. The molecule has 2 heterocycles. The zero-order chi connectivity index (χ0) is 16.8. The van der Waals surface area contributed by atoms with Crippen LogP contribution in [0.4, 0.5) is 0 Å². The van der Waals surface area contributed by atoms with E-state index in [1.807, 2.05) is 0 Å². The Morgan fingerprint density at radius 2 is 2.17 bits per heavy atom. The fourth-order valence-electron chi connectivity index (χ4n) is 3.24. The Bertz CT molecular complexity index is 562. The number of benzene rings is 1. The molecule has 2 aliphatic heterocycles. The molecule has 5 nitrogen and oxygen atoms in total. The zero-order valence-corrected chi connectivity index (χ0v) is 14.7. The fourth-order valence-corrected chi connectivity index (χ4v) is 3.24. The number of hydrogen-bond acceptors (Lipinski definition) is 3. The van der Waals surface area contributed by atoms with Gasteiger partial charge in [0.05, 0.1) is 19.8 Å². The van der Waals surface area contributed by atoms with Crippen LogP contribution < -0.4 is 10.5 Å². The molecular formula is C19H29N3O2. The number of piperidine rings is 1. The Morgan fingerprint density at radius 1 is 1.33 bits per heavy atom. The van der Waals surface area contributed by atoms with Crippen molar-refractivity contribution in [1.82, 2.24) is 4.90 Å². The molecule has 2 saturated heterocycles. The largest absolute Gasteiger partial charge is 0.493 e. The molecule has 5 heteroatoms. The first kappa shape index (κ1) is 17.1. The topological polar surface area (TPSA) is 60.1 Å². The van der Waals surface area contributed by atoms with E-state index in [4.69, 9.17) is 15.2 Å². The van der Waals surface area contributed by atoms with Crippen molar-refractivity contribution in [3.8, 4) is 5.75 Å². The van der Waals surface area contributed by atoms with Crippen LogP contribution in [-0.2, 0) is 11.3 Å². The van der Waals surface area contributed by atoms with Crippen molar-refractivity contribution in [1.29, 1.82) is 0 Å². The van der Waals surface area contributed by atoms with Crippen molar-refractivity contribution in [2.75, 3.05) is 32.9 Å². The minimum Gasteiger partial charge on any atom is -0.493 e. The van der Waals surface area contributed by atoms with Crippen LogP contribution in [-0.4, -0.2) is 43.8 Å². The van der Waals surface area contributed by atoms with E-state index in [2.05, 4.69) is 35.0 Å². The number of ether oxygens (including phenoxy) is 2. The summed E-state index contributed by atoms with van der Waals surface area (Å²) in [6.07, 6.45) is 4.79. The number of hydrogen-bond donors (Lipinski definition) is 1. The third-order valence-electron chi connectivity index (χ3n) is 4.81. The molecule has 0 spiro atoms. The van der Waals surface area contributed by atoms with Crippen molar-refractivity contribution in [3.63, 3.8) is 0 Å². The lowest BCUT2D eigenvalue weighted by molar-refractivity contribution is 0.166. The van der Waals surface area contributed by atoms with Gasteiger partial charge in [0.2, 0.25) is 0 Å². The molecule has 0 saturated carbocycles. The lowest BCUT2D eigenvalue weighted by Crippen LogP contribution is -2.40. The van der Waals surface area contributed by atoms with Crippen molar-refractivity contribution in [2.45, 2.75) is 39.2 Å². The molecule has 1 atom stereocenters. The quantitative estimate of drug-likeness (QED) is 0.666. The summed E-state index contributed by atoms with van der Waals surface area (Å²) >= 11 is 0. The van der Waals surface area contributed by atoms with E-state index in [0.29, 0.717) is 25.0 Å². The van der Waals surface area contributed by atoms with Crippen molar-refractivity contribution >= 4 is 5.96 Å². The summed E-state index contributed by atoms with van der Waals surface area (Å²) in [5.74, 6) is 2.09. The van der Waals surface area contributed by atoms with E-state index in [0.717, 1.165) is 44.0 Å². The molecule has 2 aliphatic rings. The first-order valence-corrected chi connectivity index (χ1v) is 9.07. The number of rotatable bonds is 5. The van der Waals surface area contributed by atoms with Gasteiger partial charge in [-0.2, -0.15) is 0 Å². The van der Waals surface area contributed by atoms with E-state index in [1.54, 1.807) is 0 Å². The predicted octanol–water partition coefficient (Wildman–Crippen LogP) is 2.71. The summed E-state index contributed by atoms with van der Waals surface area (Å²) in [4.78, 5) is 6.79. The molecule has 132 valence electrons. The minimum atomic E-state index is 0.500. The van der Waals surface area contributed by atoms with Crippen molar-refractivity contribution < 1.29 is 9.47 Å². The normalized spacial score (nSPS) is 22.0. The van der Waals surface area contributed by atoms with Crippen LogP contribution in [0.3, 0.4) is 0 Å². The van der Waals surface area contributed by atoms with Gasteiger partial charge >= 0.3 is 0 Å². The number of nitrogens with zero attached hydrogens (tertiary/aromatic N) is 2. The minimum absolute atomic E-state index is 0.500. The van der Waals surface area contributed by atoms with Gasteiger partial charge in [-0.05, 0) is 44.2 Å². The lowest BCUT2D eigenvalue weighted by atomic mass is 10.1. The molecule has 0 aliphatic carbocycles. The second kappa shape index (κ2) is 8.38. The number of likely N-dealkylation sites (tertiary alicyclic amines) is 1. The molecule has 1 aromatic carbocycles. The third kappa shape index (κ3) is 4.63. The maximum Gasteiger partial charge on any atom is 0.191 e. The van der Waals surface area contributed by atoms with Crippen LogP contribution in [0.5, 0.6) is 5.75 Å². The lowest BCUT2D eigenvalue weighted by Gasteiger charge is -2.27. The number of aliphatic imine (C=N–C) groups is 1. The molecule has 0 amide bonds. The van der Waals surface area contributed by atoms with Gasteiger partial charge in [-0.15, -0.1) is 0 Å².